The molecule has 1 aliphatic heterocycles. The molecule has 0 bridgehead atoms. The molecule has 18 heavy (non-hydrogen) atoms. The lowest BCUT2D eigenvalue weighted by Gasteiger charge is -2.18. The molecule has 4 nitrogen and oxygen atoms in total. The second-order valence-corrected chi connectivity index (χ2v) is 5.19. The number of hydrogen-bond donors (Lipinski definition) is 1. The first-order valence-electron chi connectivity index (χ1n) is 5.14. The van der Waals surface area contributed by atoms with Crippen molar-refractivity contribution in [2.45, 2.75) is 6.42 Å². The van der Waals surface area contributed by atoms with Crippen LogP contribution in [0.2, 0.25) is 0 Å². The molecule has 2 amide bonds. The number of benzene rings is 1. The highest BCUT2D eigenvalue weighted by Crippen LogP contribution is 2.30. The van der Waals surface area contributed by atoms with E-state index in [1.54, 1.807) is 0 Å². The quantitative estimate of drug-likeness (QED) is 0.636. The number of hydrogen-bond acceptors (Lipinski definition) is 2. The summed E-state index contributed by atoms with van der Waals surface area (Å²) < 4.78 is 26.6. The minimum Gasteiger partial charge on any atom is -0.369 e. The number of carbonyl (C=O) groups is 2. The minimum absolute atomic E-state index is 0.00437. The minimum atomic E-state index is -1.03. The Bertz CT molecular complexity index is 536. The Morgan fingerprint density at radius 2 is 2.00 bits per heavy atom. The summed E-state index contributed by atoms with van der Waals surface area (Å²) in [4.78, 5) is 24.0. The maximum Gasteiger partial charge on any atom is 0.227 e. The van der Waals surface area contributed by atoms with Crippen LogP contribution in [0.15, 0.2) is 12.1 Å². The first-order chi connectivity index (χ1) is 8.40. The number of amides is 2. The van der Waals surface area contributed by atoms with Crippen molar-refractivity contribution in [1.29, 1.82) is 0 Å². The summed E-state index contributed by atoms with van der Waals surface area (Å²) in [5.74, 6) is -3.46. The predicted molar refractivity (Wildman–Crippen MR) is 68.7 cm³/mol. The zero-order chi connectivity index (χ0) is 13.4. The highest BCUT2D eigenvalue weighted by atomic mass is 127. The van der Waals surface area contributed by atoms with Crippen molar-refractivity contribution < 1.29 is 18.4 Å². The van der Waals surface area contributed by atoms with E-state index in [1.165, 1.54) is 4.90 Å². The zero-order valence-corrected chi connectivity index (χ0v) is 11.3. The van der Waals surface area contributed by atoms with E-state index in [-0.39, 0.29) is 24.6 Å². The normalized spacial score (nSPS) is 19.4. The molecule has 1 unspecified atom stereocenters. The summed E-state index contributed by atoms with van der Waals surface area (Å²) in [6, 6.07) is 1.97. The van der Waals surface area contributed by atoms with Crippen LogP contribution in [0.25, 0.3) is 0 Å². The molecule has 96 valence electrons. The average molecular weight is 366 g/mol. The Balaban J connectivity index is 2.35. The molecule has 1 heterocycles. The van der Waals surface area contributed by atoms with Gasteiger partial charge in [0.2, 0.25) is 11.8 Å². The topological polar surface area (TPSA) is 63.4 Å². The van der Waals surface area contributed by atoms with Gasteiger partial charge in [0.1, 0.15) is 0 Å². The van der Waals surface area contributed by atoms with Gasteiger partial charge in [-0.1, -0.05) is 0 Å². The van der Waals surface area contributed by atoms with Crippen LogP contribution in [0, 0.1) is 21.1 Å². The van der Waals surface area contributed by atoms with E-state index in [4.69, 9.17) is 5.73 Å². The molecule has 1 fully saturated rings. The van der Waals surface area contributed by atoms with Crippen LogP contribution in [0.1, 0.15) is 6.42 Å². The molecule has 1 aliphatic rings. The first kappa shape index (κ1) is 13.2. The zero-order valence-electron chi connectivity index (χ0n) is 9.12. The third-order valence-electron chi connectivity index (χ3n) is 2.81. The lowest BCUT2D eigenvalue weighted by molar-refractivity contribution is -0.123. The van der Waals surface area contributed by atoms with Gasteiger partial charge in [-0.3, -0.25) is 9.59 Å². The Hall–Kier alpha value is -1.25. The molecule has 1 saturated heterocycles. The van der Waals surface area contributed by atoms with Crippen molar-refractivity contribution >= 4 is 40.1 Å². The lowest BCUT2D eigenvalue weighted by Crippen LogP contribution is -2.29. The number of nitrogens with zero attached hydrogens (tertiary/aromatic N) is 1. The van der Waals surface area contributed by atoms with E-state index in [9.17, 15) is 18.4 Å². The molecular weight excluding hydrogens is 357 g/mol. The van der Waals surface area contributed by atoms with Gasteiger partial charge in [0.25, 0.3) is 0 Å². The van der Waals surface area contributed by atoms with Crippen molar-refractivity contribution in [2.24, 2.45) is 11.7 Å². The number of rotatable bonds is 2. The van der Waals surface area contributed by atoms with E-state index in [1.807, 2.05) is 22.6 Å². The number of primary amides is 1. The molecule has 0 aliphatic carbocycles. The van der Waals surface area contributed by atoms with Gasteiger partial charge in [-0.2, -0.15) is 0 Å². The van der Waals surface area contributed by atoms with Gasteiger partial charge in [-0.05, 0) is 28.7 Å². The SMILES string of the molecule is NC(=O)C1CC(=O)N(c2cc(F)c(F)cc2I)C1. The molecule has 2 rings (SSSR count). The van der Waals surface area contributed by atoms with E-state index in [0.717, 1.165) is 12.1 Å². The van der Waals surface area contributed by atoms with Gasteiger partial charge in [0.15, 0.2) is 11.6 Å². The van der Waals surface area contributed by atoms with Gasteiger partial charge in [-0.25, -0.2) is 8.78 Å². The summed E-state index contributed by atoms with van der Waals surface area (Å²) in [7, 11) is 0. The van der Waals surface area contributed by atoms with Gasteiger partial charge >= 0.3 is 0 Å². The number of nitrogens with two attached hydrogens (primary N) is 1. The van der Waals surface area contributed by atoms with E-state index < -0.39 is 23.5 Å². The molecule has 1 aromatic rings. The fraction of sp³-hybridized carbons (Fsp3) is 0.273. The lowest BCUT2D eigenvalue weighted by atomic mass is 10.1. The monoisotopic (exact) mass is 366 g/mol. The summed E-state index contributed by atoms with van der Waals surface area (Å²) in [6.07, 6.45) is 0.00437. The number of anilines is 1. The molecular formula is C11H9F2IN2O2. The number of halogens is 3. The van der Waals surface area contributed by atoms with E-state index in [0.29, 0.717) is 3.57 Å². The molecule has 7 heteroatoms. The fourth-order valence-corrected chi connectivity index (χ4v) is 2.57. The highest BCUT2D eigenvalue weighted by Gasteiger charge is 2.35. The van der Waals surface area contributed by atoms with Crippen molar-refractivity contribution in [2.75, 3.05) is 11.4 Å². The third-order valence-corrected chi connectivity index (χ3v) is 3.67. The molecule has 0 radical (unpaired) electrons. The molecule has 1 aromatic carbocycles. The van der Waals surface area contributed by atoms with Crippen molar-refractivity contribution in [1.82, 2.24) is 0 Å². The van der Waals surface area contributed by atoms with Crippen LogP contribution in [0.3, 0.4) is 0 Å². The van der Waals surface area contributed by atoms with Crippen LogP contribution in [0.4, 0.5) is 14.5 Å². The Morgan fingerprint density at radius 1 is 1.39 bits per heavy atom. The third kappa shape index (κ3) is 2.31. The molecule has 1 atom stereocenters. The molecule has 0 saturated carbocycles. The predicted octanol–water partition coefficient (Wildman–Crippen LogP) is 1.41. The summed E-state index contributed by atoms with van der Waals surface area (Å²) in [5, 5.41) is 0. The summed E-state index contributed by atoms with van der Waals surface area (Å²) in [6.45, 7) is 0.106. The Morgan fingerprint density at radius 3 is 2.56 bits per heavy atom. The van der Waals surface area contributed by atoms with E-state index in [2.05, 4.69) is 0 Å². The first-order valence-corrected chi connectivity index (χ1v) is 6.22. The van der Waals surface area contributed by atoms with Crippen molar-refractivity contribution in [3.63, 3.8) is 0 Å². The molecule has 2 N–H and O–H groups in total. The van der Waals surface area contributed by atoms with Crippen LogP contribution < -0.4 is 10.6 Å². The largest absolute Gasteiger partial charge is 0.369 e. The standard InChI is InChI=1S/C11H9F2IN2O2/c12-6-2-8(14)9(3-7(6)13)16-4-5(11(15)18)1-10(16)17/h2-3,5H,1,4H2,(H2,15,18). The summed E-state index contributed by atoms with van der Waals surface area (Å²) in [5.41, 5.74) is 5.41. The molecule has 0 spiro atoms. The Kier molecular flexibility index (Phi) is 3.51. The van der Waals surface area contributed by atoms with Gasteiger partial charge in [0.05, 0.1) is 11.6 Å². The highest BCUT2D eigenvalue weighted by molar-refractivity contribution is 14.1. The van der Waals surface area contributed by atoms with Crippen LogP contribution in [0.5, 0.6) is 0 Å². The average Bonchev–Trinajstić information content (AvgIpc) is 2.66. The summed E-state index contributed by atoms with van der Waals surface area (Å²) >= 11 is 1.81. The second-order valence-electron chi connectivity index (χ2n) is 4.03. The van der Waals surface area contributed by atoms with Crippen LogP contribution >= 0.6 is 22.6 Å². The van der Waals surface area contributed by atoms with Gasteiger partial charge in [-0.15, -0.1) is 0 Å². The fourth-order valence-electron chi connectivity index (χ4n) is 1.85. The number of carbonyl (C=O) groups excluding carboxylic acids is 2. The van der Waals surface area contributed by atoms with Gasteiger partial charge in [0, 0.05) is 22.6 Å². The maximum absolute atomic E-state index is 13.2. The molecule has 0 aromatic heterocycles. The van der Waals surface area contributed by atoms with Crippen LogP contribution in [-0.2, 0) is 9.59 Å². The van der Waals surface area contributed by atoms with Crippen LogP contribution in [-0.4, -0.2) is 18.4 Å². The second kappa shape index (κ2) is 4.79. The van der Waals surface area contributed by atoms with E-state index >= 15 is 0 Å². The smallest absolute Gasteiger partial charge is 0.227 e. The van der Waals surface area contributed by atoms with Crippen molar-refractivity contribution in [3.05, 3.63) is 27.3 Å². The Labute approximate surface area is 115 Å². The maximum atomic E-state index is 13.2. The van der Waals surface area contributed by atoms with Gasteiger partial charge < -0.3 is 10.6 Å². The van der Waals surface area contributed by atoms with Crippen molar-refractivity contribution in [3.8, 4) is 0 Å².